The molecule has 4 heteroatoms. The maximum Gasteiger partial charge on any atom is 0.321 e. The lowest BCUT2D eigenvalue weighted by Crippen LogP contribution is -2.38. The van der Waals surface area contributed by atoms with E-state index in [4.69, 9.17) is 0 Å². The Labute approximate surface area is 117 Å². The first kappa shape index (κ1) is 13.4. The third-order valence-corrected chi connectivity index (χ3v) is 3.93. The van der Waals surface area contributed by atoms with Crippen LogP contribution in [0, 0.1) is 13.8 Å². The van der Waals surface area contributed by atoms with Gasteiger partial charge in [-0.15, -0.1) is 0 Å². The molecule has 98 valence electrons. The van der Waals surface area contributed by atoms with Gasteiger partial charge in [0.25, 0.3) is 0 Å². The van der Waals surface area contributed by atoms with Gasteiger partial charge in [-0.25, -0.2) is 4.79 Å². The van der Waals surface area contributed by atoms with Crippen LogP contribution in [0.25, 0.3) is 0 Å². The van der Waals surface area contributed by atoms with E-state index >= 15 is 0 Å². The van der Waals surface area contributed by atoms with Crippen LogP contribution in [0.1, 0.15) is 30.4 Å². The number of urea groups is 1. The van der Waals surface area contributed by atoms with Crippen molar-refractivity contribution in [2.45, 2.75) is 33.1 Å². The van der Waals surface area contributed by atoms with Gasteiger partial charge in [-0.05, 0) is 66.2 Å². The van der Waals surface area contributed by atoms with Crippen molar-refractivity contribution in [3.63, 3.8) is 0 Å². The Bertz CT molecular complexity index is 430. The highest BCUT2D eigenvalue weighted by Crippen LogP contribution is 2.28. The number of piperidine rings is 1. The van der Waals surface area contributed by atoms with E-state index < -0.39 is 0 Å². The second-order valence-electron chi connectivity index (χ2n) is 4.92. The maximum atomic E-state index is 12.2. The zero-order valence-electron chi connectivity index (χ0n) is 10.9. The summed E-state index contributed by atoms with van der Waals surface area (Å²) in [5.41, 5.74) is 3.17. The highest BCUT2D eigenvalue weighted by molar-refractivity contribution is 9.10. The maximum absolute atomic E-state index is 12.2. The molecule has 0 bridgehead atoms. The van der Waals surface area contributed by atoms with E-state index in [9.17, 15) is 4.79 Å². The van der Waals surface area contributed by atoms with E-state index in [0.29, 0.717) is 0 Å². The van der Waals surface area contributed by atoms with E-state index in [0.717, 1.165) is 41.7 Å². The first-order chi connectivity index (χ1) is 8.58. The van der Waals surface area contributed by atoms with Crippen molar-refractivity contribution in [2.24, 2.45) is 0 Å². The van der Waals surface area contributed by atoms with Crippen LogP contribution >= 0.6 is 15.9 Å². The molecule has 1 saturated heterocycles. The van der Waals surface area contributed by atoms with Crippen LogP contribution in [0.3, 0.4) is 0 Å². The van der Waals surface area contributed by atoms with Crippen molar-refractivity contribution in [2.75, 3.05) is 18.4 Å². The predicted octanol–water partition coefficient (Wildman–Crippen LogP) is 4.08. The minimum absolute atomic E-state index is 0.0161. The smallest absolute Gasteiger partial charge is 0.321 e. The second kappa shape index (κ2) is 5.74. The fourth-order valence-electron chi connectivity index (χ4n) is 2.36. The van der Waals surface area contributed by atoms with Gasteiger partial charge in [-0.3, -0.25) is 0 Å². The lowest BCUT2D eigenvalue weighted by Gasteiger charge is -2.27. The number of aryl methyl sites for hydroxylation is 2. The fraction of sp³-hybridized carbons (Fsp3) is 0.500. The predicted molar refractivity (Wildman–Crippen MR) is 78.1 cm³/mol. The fourth-order valence-corrected chi connectivity index (χ4v) is 3.13. The average Bonchev–Trinajstić information content (AvgIpc) is 2.34. The van der Waals surface area contributed by atoms with Crippen molar-refractivity contribution in [1.29, 1.82) is 0 Å². The molecule has 0 aromatic heterocycles. The van der Waals surface area contributed by atoms with Gasteiger partial charge in [0.15, 0.2) is 0 Å². The summed E-state index contributed by atoms with van der Waals surface area (Å²) in [6.07, 6.45) is 3.46. The number of halogens is 1. The molecular weight excluding hydrogens is 292 g/mol. The number of carbonyl (C=O) groups is 1. The summed E-state index contributed by atoms with van der Waals surface area (Å²) in [4.78, 5) is 14.0. The normalized spacial score (nSPS) is 15.6. The molecule has 0 unspecified atom stereocenters. The van der Waals surface area contributed by atoms with Crippen LogP contribution in [0.2, 0.25) is 0 Å². The van der Waals surface area contributed by atoms with Crippen LogP contribution in [0.4, 0.5) is 10.5 Å². The van der Waals surface area contributed by atoms with Crippen LogP contribution in [0.15, 0.2) is 16.6 Å². The molecule has 1 aromatic rings. The molecule has 2 rings (SSSR count). The summed E-state index contributed by atoms with van der Waals surface area (Å²) in [6.45, 7) is 5.81. The number of amides is 2. The van der Waals surface area contributed by atoms with Gasteiger partial charge < -0.3 is 10.2 Å². The first-order valence-corrected chi connectivity index (χ1v) is 7.20. The molecule has 0 radical (unpaired) electrons. The number of hydrogen-bond donors (Lipinski definition) is 1. The number of anilines is 1. The zero-order chi connectivity index (χ0) is 13.1. The Morgan fingerprint density at radius 2 is 1.89 bits per heavy atom. The molecule has 1 aliphatic heterocycles. The van der Waals surface area contributed by atoms with Gasteiger partial charge in [-0.1, -0.05) is 6.07 Å². The van der Waals surface area contributed by atoms with Crippen LogP contribution in [-0.4, -0.2) is 24.0 Å². The number of nitrogens with zero attached hydrogens (tertiary/aromatic N) is 1. The lowest BCUT2D eigenvalue weighted by atomic mass is 10.1. The van der Waals surface area contributed by atoms with Crippen LogP contribution in [-0.2, 0) is 0 Å². The van der Waals surface area contributed by atoms with Gasteiger partial charge in [0.1, 0.15) is 0 Å². The molecule has 0 atom stereocenters. The van der Waals surface area contributed by atoms with Crippen molar-refractivity contribution < 1.29 is 4.79 Å². The van der Waals surface area contributed by atoms with Gasteiger partial charge in [-0.2, -0.15) is 0 Å². The summed E-state index contributed by atoms with van der Waals surface area (Å²) in [5.74, 6) is 0. The molecule has 0 aliphatic carbocycles. The number of likely N-dealkylation sites (tertiary alicyclic amines) is 1. The van der Waals surface area contributed by atoms with Crippen molar-refractivity contribution in [3.05, 3.63) is 27.7 Å². The topological polar surface area (TPSA) is 32.3 Å². The standard InChI is InChI=1S/C14H19BrN2O/c1-10-8-11(2)13(12(15)9-10)16-14(18)17-6-4-3-5-7-17/h8-9H,3-7H2,1-2H3,(H,16,18). The van der Waals surface area contributed by atoms with E-state index in [1.807, 2.05) is 24.8 Å². The molecule has 1 aliphatic rings. The highest BCUT2D eigenvalue weighted by atomic mass is 79.9. The third kappa shape index (κ3) is 3.05. The molecule has 3 nitrogen and oxygen atoms in total. The van der Waals surface area contributed by atoms with Gasteiger partial charge in [0.05, 0.1) is 5.69 Å². The number of nitrogens with one attached hydrogen (secondary N) is 1. The second-order valence-corrected chi connectivity index (χ2v) is 5.77. The molecule has 0 spiro atoms. The summed E-state index contributed by atoms with van der Waals surface area (Å²) in [6, 6.07) is 4.12. The number of benzene rings is 1. The van der Waals surface area contributed by atoms with E-state index in [1.165, 1.54) is 12.0 Å². The quantitative estimate of drug-likeness (QED) is 0.832. The van der Waals surface area contributed by atoms with Crippen molar-refractivity contribution >= 4 is 27.6 Å². The van der Waals surface area contributed by atoms with Crippen LogP contribution < -0.4 is 5.32 Å². The number of hydrogen-bond acceptors (Lipinski definition) is 1. The van der Waals surface area contributed by atoms with E-state index in [2.05, 4.69) is 27.3 Å². The Kier molecular flexibility index (Phi) is 4.27. The molecule has 0 saturated carbocycles. The SMILES string of the molecule is Cc1cc(C)c(NC(=O)N2CCCCC2)c(Br)c1. The highest BCUT2D eigenvalue weighted by Gasteiger charge is 2.18. The largest absolute Gasteiger partial charge is 0.325 e. The van der Waals surface area contributed by atoms with E-state index in [-0.39, 0.29) is 6.03 Å². The molecule has 1 N–H and O–H groups in total. The van der Waals surface area contributed by atoms with Gasteiger partial charge in [0, 0.05) is 17.6 Å². The minimum atomic E-state index is 0.0161. The van der Waals surface area contributed by atoms with Crippen LogP contribution in [0.5, 0.6) is 0 Å². The lowest BCUT2D eigenvalue weighted by molar-refractivity contribution is 0.200. The Morgan fingerprint density at radius 1 is 1.22 bits per heavy atom. The summed E-state index contributed by atoms with van der Waals surface area (Å²) in [7, 11) is 0. The third-order valence-electron chi connectivity index (χ3n) is 3.31. The monoisotopic (exact) mass is 310 g/mol. The molecular formula is C14H19BrN2O. The molecule has 1 aromatic carbocycles. The Balaban J connectivity index is 2.11. The zero-order valence-corrected chi connectivity index (χ0v) is 12.5. The molecule has 1 fully saturated rings. The summed E-state index contributed by atoms with van der Waals surface area (Å²) in [5, 5.41) is 3.02. The number of rotatable bonds is 1. The molecule has 2 amide bonds. The number of carbonyl (C=O) groups excluding carboxylic acids is 1. The van der Waals surface area contributed by atoms with Crippen molar-refractivity contribution in [3.8, 4) is 0 Å². The van der Waals surface area contributed by atoms with Crippen molar-refractivity contribution in [1.82, 2.24) is 4.90 Å². The average molecular weight is 311 g/mol. The van der Waals surface area contributed by atoms with E-state index in [1.54, 1.807) is 0 Å². The molecule has 18 heavy (non-hydrogen) atoms. The van der Waals surface area contributed by atoms with Gasteiger partial charge in [0.2, 0.25) is 0 Å². The summed E-state index contributed by atoms with van der Waals surface area (Å²) >= 11 is 3.52. The van der Waals surface area contributed by atoms with Gasteiger partial charge >= 0.3 is 6.03 Å². The Morgan fingerprint density at radius 3 is 2.50 bits per heavy atom. The first-order valence-electron chi connectivity index (χ1n) is 6.40. The summed E-state index contributed by atoms with van der Waals surface area (Å²) < 4.78 is 0.949. The molecule has 1 heterocycles. The minimum Gasteiger partial charge on any atom is -0.325 e. The Hall–Kier alpha value is -1.03.